The number of aryl methyl sites for hydroxylation is 1. The molecule has 0 radical (unpaired) electrons. The largest absolute Gasteiger partial charge is 0.451 e. The van der Waals surface area contributed by atoms with Crippen molar-refractivity contribution in [3.63, 3.8) is 0 Å². The molecule has 0 aliphatic rings. The minimum Gasteiger partial charge on any atom is -0.451 e. The van der Waals surface area contributed by atoms with Crippen molar-refractivity contribution >= 4 is 38.7 Å². The number of halogens is 1. The first-order chi connectivity index (χ1) is 8.90. The summed E-state index contributed by atoms with van der Waals surface area (Å²) in [5, 5.41) is 0.866. The molecular formula is C13H13BrN2O3. The molecule has 0 unspecified atom stereocenters. The van der Waals surface area contributed by atoms with Crippen LogP contribution in [0.4, 0.5) is 0 Å². The topological polar surface area (TPSA) is 76.5 Å². The summed E-state index contributed by atoms with van der Waals surface area (Å²) in [6.45, 7) is 1.67. The maximum Gasteiger partial charge on any atom is 0.290 e. The van der Waals surface area contributed by atoms with Crippen LogP contribution in [0, 0.1) is 6.92 Å². The number of amides is 2. The van der Waals surface area contributed by atoms with Crippen LogP contribution in [0.5, 0.6) is 0 Å². The number of benzene rings is 1. The van der Waals surface area contributed by atoms with Crippen LogP contribution >= 0.6 is 15.9 Å². The summed E-state index contributed by atoms with van der Waals surface area (Å²) in [6, 6.07) is 5.52. The Hall–Kier alpha value is -1.82. The van der Waals surface area contributed by atoms with E-state index in [0.717, 1.165) is 15.4 Å². The standard InChI is InChI=1S/C13H13BrN2O3/c1-7-9-5-8(14)3-4-10(9)19-12(7)13(18)16(2)6-11(15)17/h3-5H,6H2,1-2H3,(H2,15,17). The zero-order valence-electron chi connectivity index (χ0n) is 10.6. The number of nitrogens with zero attached hydrogens (tertiary/aromatic N) is 1. The second kappa shape index (κ2) is 5.05. The monoisotopic (exact) mass is 324 g/mol. The predicted octanol–water partition coefficient (Wildman–Crippen LogP) is 2.06. The molecule has 1 heterocycles. The second-order valence-electron chi connectivity index (χ2n) is 4.32. The number of likely N-dealkylation sites (N-methyl/N-ethyl adjacent to an activating group) is 1. The summed E-state index contributed by atoms with van der Waals surface area (Å²) in [7, 11) is 1.51. The molecule has 2 rings (SSSR count). The van der Waals surface area contributed by atoms with Crippen LogP contribution in [0.3, 0.4) is 0 Å². The summed E-state index contributed by atoms with van der Waals surface area (Å²) in [5.41, 5.74) is 6.46. The number of carbonyl (C=O) groups excluding carboxylic acids is 2. The van der Waals surface area contributed by atoms with Crippen molar-refractivity contribution in [2.24, 2.45) is 5.73 Å². The molecule has 1 aromatic carbocycles. The van der Waals surface area contributed by atoms with Crippen LogP contribution < -0.4 is 5.73 Å². The second-order valence-corrected chi connectivity index (χ2v) is 5.24. The van der Waals surface area contributed by atoms with Gasteiger partial charge in [0.1, 0.15) is 5.58 Å². The van der Waals surface area contributed by atoms with Crippen molar-refractivity contribution in [1.29, 1.82) is 0 Å². The van der Waals surface area contributed by atoms with Crippen molar-refractivity contribution in [1.82, 2.24) is 4.90 Å². The molecule has 0 aliphatic carbocycles. The van der Waals surface area contributed by atoms with E-state index in [2.05, 4.69) is 15.9 Å². The van der Waals surface area contributed by atoms with Crippen molar-refractivity contribution in [3.8, 4) is 0 Å². The van der Waals surface area contributed by atoms with E-state index >= 15 is 0 Å². The van der Waals surface area contributed by atoms with Crippen LogP contribution in [0.1, 0.15) is 16.1 Å². The number of primary amides is 1. The van der Waals surface area contributed by atoms with Crippen molar-refractivity contribution < 1.29 is 14.0 Å². The third-order valence-electron chi connectivity index (χ3n) is 2.83. The average molecular weight is 325 g/mol. The Morgan fingerprint density at radius 2 is 2.11 bits per heavy atom. The molecule has 2 N–H and O–H groups in total. The third-order valence-corrected chi connectivity index (χ3v) is 3.33. The Morgan fingerprint density at radius 1 is 1.42 bits per heavy atom. The van der Waals surface area contributed by atoms with Gasteiger partial charge in [-0.3, -0.25) is 9.59 Å². The molecule has 0 atom stereocenters. The highest BCUT2D eigenvalue weighted by molar-refractivity contribution is 9.10. The first-order valence-electron chi connectivity index (χ1n) is 5.62. The first kappa shape index (κ1) is 13.6. The molecule has 6 heteroatoms. The Morgan fingerprint density at radius 3 is 2.74 bits per heavy atom. The smallest absolute Gasteiger partial charge is 0.290 e. The SMILES string of the molecule is Cc1c(C(=O)N(C)CC(N)=O)oc2ccc(Br)cc12. The van der Waals surface area contributed by atoms with Crippen LogP contribution in [0.25, 0.3) is 11.0 Å². The lowest BCUT2D eigenvalue weighted by Gasteiger charge is -2.13. The number of fused-ring (bicyclic) bond motifs is 1. The fourth-order valence-electron chi connectivity index (χ4n) is 1.88. The summed E-state index contributed by atoms with van der Waals surface area (Å²) in [4.78, 5) is 24.2. The van der Waals surface area contributed by atoms with Gasteiger partial charge in [0.25, 0.3) is 5.91 Å². The molecule has 2 aromatic rings. The number of hydrogen-bond acceptors (Lipinski definition) is 3. The van der Waals surface area contributed by atoms with E-state index in [9.17, 15) is 9.59 Å². The molecular weight excluding hydrogens is 312 g/mol. The van der Waals surface area contributed by atoms with Gasteiger partial charge < -0.3 is 15.1 Å². The van der Waals surface area contributed by atoms with Gasteiger partial charge in [0.05, 0.1) is 6.54 Å². The Kier molecular flexibility index (Phi) is 3.61. The normalized spacial score (nSPS) is 10.7. The van der Waals surface area contributed by atoms with Gasteiger partial charge in [-0.2, -0.15) is 0 Å². The summed E-state index contributed by atoms with van der Waals surface area (Å²) in [6.07, 6.45) is 0. The van der Waals surface area contributed by atoms with E-state index < -0.39 is 5.91 Å². The van der Waals surface area contributed by atoms with E-state index in [1.54, 1.807) is 6.07 Å². The molecule has 0 aliphatic heterocycles. The average Bonchev–Trinajstić information content (AvgIpc) is 2.65. The maximum absolute atomic E-state index is 12.2. The zero-order chi connectivity index (χ0) is 14.2. The van der Waals surface area contributed by atoms with Gasteiger partial charge in [0, 0.05) is 22.5 Å². The Balaban J connectivity index is 2.42. The van der Waals surface area contributed by atoms with E-state index in [1.165, 1.54) is 11.9 Å². The van der Waals surface area contributed by atoms with Crippen LogP contribution in [0.15, 0.2) is 27.1 Å². The van der Waals surface area contributed by atoms with E-state index in [4.69, 9.17) is 10.2 Å². The van der Waals surface area contributed by atoms with E-state index in [-0.39, 0.29) is 18.2 Å². The van der Waals surface area contributed by atoms with Crippen LogP contribution in [0.2, 0.25) is 0 Å². The third kappa shape index (κ3) is 2.63. The summed E-state index contributed by atoms with van der Waals surface area (Å²) >= 11 is 3.38. The van der Waals surface area contributed by atoms with Crippen molar-refractivity contribution in [2.75, 3.05) is 13.6 Å². The Labute approximate surface area is 118 Å². The van der Waals surface area contributed by atoms with Crippen LogP contribution in [-0.2, 0) is 4.79 Å². The van der Waals surface area contributed by atoms with Crippen LogP contribution in [-0.4, -0.2) is 30.3 Å². The molecule has 0 saturated carbocycles. The minimum absolute atomic E-state index is 0.140. The lowest BCUT2D eigenvalue weighted by Crippen LogP contribution is -2.35. The van der Waals surface area contributed by atoms with Gasteiger partial charge in [-0.15, -0.1) is 0 Å². The number of nitrogens with two attached hydrogens (primary N) is 1. The predicted molar refractivity (Wildman–Crippen MR) is 74.8 cm³/mol. The summed E-state index contributed by atoms with van der Waals surface area (Å²) < 4.78 is 6.46. The van der Waals surface area contributed by atoms with Gasteiger partial charge >= 0.3 is 0 Å². The fraction of sp³-hybridized carbons (Fsp3) is 0.231. The minimum atomic E-state index is -0.563. The summed E-state index contributed by atoms with van der Waals surface area (Å²) in [5.74, 6) is -0.687. The van der Waals surface area contributed by atoms with Crippen molar-refractivity contribution in [2.45, 2.75) is 6.92 Å². The maximum atomic E-state index is 12.2. The number of carbonyl (C=O) groups is 2. The molecule has 0 fully saturated rings. The highest BCUT2D eigenvalue weighted by atomic mass is 79.9. The molecule has 2 amide bonds. The van der Waals surface area contributed by atoms with Gasteiger partial charge in [-0.25, -0.2) is 0 Å². The molecule has 5 nitrogen and oxygen atoms in total. The first-order valence-corrected chi connectivity index (χ1v) is 6.42. The number of rotatable bonds is 3. The molecule has 100 valence electrons. The fourth-order valence-corrected chi connectivity index (χ4v) is 2.24. The van der Waals surface area contributed by atoms with Gasteiger partial charge in [-0.05, 0) is 25.1 Å². The number of furan rings is 1. The van der Waals surface area contributed by atoms with Gasteiger partial charge in [0.2, 0.25) is 5.91 Å². The molecule has 0 spiro atoms. The lowest BCUT2D eigenvalue weighted by molar-refractivity contribution is -0.118. The molecule has 1 aromatic heterocycles. The number of hydrogen-bond donors (Lipinski definition) is 1. The van der Waals surface area contributed by atoms with Gasteiger partial charge in [0.15, 0.2) is 5.76 Å². The lowest BCUT2D eigenvalue weighted by atomic mass is 10.1. The molecule has 19 heavy (non-hydrogen) atoms. The highest BCUT2D eigenvalue weighted by Gasteiger charge is 2.21. The Bertz CT molecular complexity index is 663. The van der Waals surface area contributed by atoms with Crippen molar-refractivity contribution in [3.05, 3.63) is 34.0 Å². The molecule has 0 bridgehead atoms. The quantitative estimate of drug-likeness (QED) is 0.938. The van der Waals surface area contributed by atoms with Gasteiger partial charge in [-0.1, -0.05) is 15.9 Å². The highest BCUT2D eigenvalue weighted by Crippen LogP contribution is 2.28. The molecule has 0 saturated heterocycles. The van der Waals surface area contributed by atoms with E-state index in [0.29, 0.717) is 5.58 Å². The zero-order valence-corrected chi connectivity index (χ0v) is 12.2. The van der Waals surface area contributed by atoms with E-state index in [1.807, 2.05) is 19.1 Å².